The van der Waals surface area contributed by atoms with Gasteiger partial charge in [-0.2, -0.15) is 0 Å². The summed E-state index contributed by atoms with van der Waals surface area (Å²) in [5.74, 6) is 0. The summed E-state index contributed by atoms with van der Waals surface area (Å²) in [5, 5.41) is 19.9. The molecule has 3 nitrogen and oxygen atoms in total. The minimum absolute atomic E-state index is 0.642. The molecule has 1 heterocycles. The maximum Gasteiger partial charge on any atom is 0.502 e. The van der Waals surface area contributed by atoms with E-state index in [9.17, 15) is 10.1 Å². The minimum atomic E-state index is -1.08. The van der Waals surface area contributed by atoms with Gasteiger partial charge in [0.15, 0.2) is 0 Å². The van der Waals surface area contributed by atoms with Gasteiger partial charge in [-0.1, -0.05) is 11.6 Å². The standard InChI is InChI=1S/C11H18BClO3S/c1-7-6-8(17-9(7)13)12(15)16-11(4,5)10(2,3)14/h6,14-15H,1-5H3. The fourth-order valence-corrected chi connectivity index (χ4v) is 2.22. The first kappa shape index (κ1) is 15.0. The number of hydrogen-bond donors (Lipinski definition) is 2. The van der Waals surface area contributed by atoms with Crippen molar-refractivity contribution in [2.75, 3.05) is 0 Å². The Morgan fingerprint density at radius 1 is 1.35 bits per heavy atom. The number of halogens is 1. The predicted molar refractivity (Wildman–Crippen MR) is 73.1 cm³/mol. The molecule has 0 spiro atoms. The fraction of sp³-hybridized carbons (Fsp3) is 0.636. The molecule has 1 aromatic heterocycles. The van der Waals surface area contributed by atoms with E-state index in [1.807, 2.05) is 6.92 Å². The zero-order valence-corrected chi connectivity index (χ0v) is 12.3. The van der Waals surface area contributed by atoms with Gasteiger partial charge in [0.25, 0.3) is 0 Å². The molecule has 0 unspecified atom stereocenters. The summed E-state index contributed by atoms with van der Waals surface area (Å²) < 4.78 is 6.80. The van der Waals surface area contributed by atoms with Crippen LogP contribution < -0.4 is 4.78 Å². The quantitative estimate of drug-likeness (QED) is 0.827. The van der Waals surface area contributed by atoms with Crippen molar-refractivity contribution >= 4 is 34.8 Å². The molecule has 0 atom stereocenters. The minimum Gasteiger partial charge on any atom is -0.423 e. The molecule has 0 aliphatic carbocycles. The molecule has 17 heavy (non-hydrogen) atoms. The van der Waals surface area contributed by atoms with Crippen LogP contribution >= 0.6 is 22.9 Å². The van der Waals surface area contributed by atoms with E-state index in [1.165, 1.54) is 11.3 Å². The Balaban J connectivity index is 2.83. The molecule has 0 aliphatic rings. The Hall–Kier alpha value is -0.0651. The third-order valence-corrected chi connectivity index (χ3v) is 4.59. The monoisotopic (exact) mass is 276 g/mol. The van der Waals surface area contributed by atoms with E-state index in [2.05, 4.69) is 0 Å². The van der Waals surface area contributed by atoms with Crippen molar-refractivity contribution in [1.82, 2.24) is 0 Å². The van der Waals surface area contributed by atoms with E-state index in [0.717, 1.165) is 5.56 Å². The lowest BCUT2D eigenvalue weighted by molar-refractivity contribution is -0.0981. The molecular formula is C11H18BClO3S. The number of aliphatic hydroxyl groups is 1. The third kappa shape index (κ3) is 3.45. The van der Waals surface area contributed by atoms with Crippen molar-refractivity contribution in [3.63, 3.8) is 0 Å². The summed E-state index contributed by atoms with van der Waals surface area (Å²) in [7, 11) is -1.08. The summed E-state index contributed by atoms with van der Waals surface area (Å²) >= 11 is 7.22. The van der Waals surface area contributed by atoms with Crippen LogP contribution in [-0.2, 0) is 4.65 Å². The first-order valence-electron chi connectivity index (χ1n) is 5.38. The first-order chi connectivity index (χ1) is 7.54. The van der Waals surface area contributed by atoms with Gasteiger partial charge in [0, 0.05) is 4.78 Å². The van der Waals surface area contributed by atoms with Crippen LogP contribution in [0.4, 0.5) is 0 Å². The lowest BCUT2D eigenvalue weighted by Crippen LogP contribution is -2.52. The van der Waals surface area contributed by atoms with Crippen molar-refractivity contribution < 1.29 is 14.8 Å². The Labute approximate surface area is 112 Å². The highest BCUT2D eigenvalue weighted by Gasteiger charge is 2.40. The molecule has 0 saturated carbocycles. The SMILES string of the molecule is Cc1cc(B(O)OC(C)(C)C(C)(C)O)sc1Cl. The van der Waals surface area contributed by atoms with Crippen LogP contribution in [0.2, 0.25) is 4.34 Å². The fourth-order valence-electron chi connectivity index (χ4n) is 1.09. The second kappa shape index (κ2) is 4.90. The van der Waals surface area contributed by atoms with E-state index in [-0.39, 0.29) is 0 Å². The number of thiophene rings is 1. The van der Waals surface area contributed by atoms with Crippen LogP contribution in [-0.4, -0.2) is 28.5 Å². The Kier molecular flexibility index (Phi) is 4.32. The maximum atomic E-state index is 9.98. The van der Waals surface area contributed by atoms with E-state index in [0.29, 0.717) is 9.11 Å². The van der Waals surface area contributed by atoms with Crippen LogP contribution in [0.5, 0.6) is 0 Å². The Bertz CT molecular complexity index is 378. The van der Waals surface area contributed by atoms with Crippen molar-refractivity contribution in [2.24, 2.45) is 0 Å². The molecule has 1 aromatic rings. The Morgan fingerprint density at radius 3 is 2.24 bits per heavy atom. The molecular weight excluding hydrogens is 258 g/mol. The van der Waals surface area contributed by atoms with Crippen molar-refractivity contribution in [2.45, 2.75) is 45.8 Å². The van der Waals surface area contributed by atoms with Crippen LogP contribution in [0, 0.1) is 6.92 Å². The van der Waals surface area contributed by atoms with Crippen molar-refractivity contribution in [3.8, 4) is 0 Å². The van der Waals surface area contributed by atoms with E-state index < -0.39 is 18.3 Å². The molecule has 6 heteroatoms. The van der Waals surface area contributed by atoms with Gasteiger partial charge in [0.1, 0.15) is 0 Å². The molecule has 0 radical (unpaired) electrons. The largest absolute Gasteiger partial charge is 0.502 e. The van der Waals surface area contributed by atoms with Gasteiger partial charge >= 0.3 is 7.12 Å². The van der Waals surface area contributed by atoms with Gasteiger partial charge in [-0.25, -0.2) is 0 Å². The third-order valence-electron chi connectivity index (χ3n) is 3.00. The number of aryl methyl sites for hydroxylation is 1. The highest BCUT2D eigenvalue weighted by molar-refractivity contribution is 7.25. The van der Waals surface area contributed by atoms with E-state index in [1.54, 1.807) is 33.8 Å². The zero-order valence-electron chi connectivity index (χ0n) is 10.7. The first-order valence-corrected chi connectivity index (χ1v) is 6.58. The molecule has 2 N–H and O–H groups in total. The van der Waals surface area contributed by atoms with Gasteiger partial charge < -0.3 is 14.8 Å². The maximum absolute atomic E-state index is 9.98. The topological polar surface area (TPSA) is 49.7 Å². The second-order valence-electron chi connectivity index (χ2n) is 5.15. The highest BCUT2D eigenvalue weighted by Crippen LogP contribution is 2.27. The van der Waals surface area contributed by atoms with Crippen LogP contribution in [0.1, 0.15) is 33.3 Å². The van der Waals surface area contributed by atoms with E-state index in [4.69, 9.17) is 16.3 Å². The van der Waals surface area contributed by atoms with Crippen molar-refractivity contribution in [1.29, 1.82) is 0 Å². The second-order valence-corrected chi connectivity index (χ2v) is 6.83. The van der Waals surface area contributed by atoms with Gasteiger partial charge in [-0.3, -0.25) is 0 Å². The molecule has 96 valence electrons. The van der Waals surface area contributed by atoms with Crippen LogP contribution in [0.3, 0.4) is 0 Å². The lowest BCUT2D eigenvalue weighted by atomic mass is 9.82. The molecule has 0 amide bonds. The summed E-state index contributed by atoms with van der Waals surface area (Å²) in [6, 6.07) is 1.79. The number of rotatable bonds is 4. The summed E-state index contributed by atoms with van der Waals surface area (Å²) in [6.45, 7) is 8.63. The Morgan fingerprint density at radius 2 is 1.88 bits per heavy atom. The summed E-state index contributed by atoms with van der Waals surface area (Å²) in [4.78, 5) is 0. The number of hydrogen-bond acceptors (Lipinski definition) is 4. The highest BCUT2D eigenvalue weighted by atomic mass is 35.5. The molecule has 0 bridgehead atoms. The summed E-state index contributed by atoms with van der Waals surface area (Å²) in [6.07, 6.45) is 0. The van der Waals surface area contributed by atoms with Gasteiger partial charge in [0.2, 0.25) is 0 Å². The van der Waals surface area contributed by atoms with Gasteiger partial charge in [-0.05, 0) is 46.2 Å². The van der Waals surface area contributed by atoms with Crippen LogP contribution in [0.25, 0.3) is 0 Å². The molecule has 0 aromatic carbocycles. The average molecular weight is 277 g/mol. The lowest BCUT2D eigenvalue weighted by Gasteiger charge is -2.38. The van der Waals surface area contributed by atoms with Gasteiger partial charge in [-0.15, -0.1) is 11.3 Å². The average Bonchev–Trinajstić information content (AvgIpc) is 2.44. The molecule has 1 rings (SSSR count). The normalized spacial score (nSPS) is 12.9. The summed E-state index contributed by atoms with van der Waals surface area (Å²) in [5.41, 5.74) is -1.00. The van der Waals surface area contributed by atoms with Crippen molar-refractivity contribution in [3.05, 3.63) is 16.0 Å². The van der Waals surface area contributed by atoms with Crippen LogP contribution in [0.15, 0.2) is 6.07 Å². The molecule has 0 fully saturated rings. The molecule has 0 aliphatic heterocycles. The smallest absolute Gasteiger partial charge is 0.423 e. The zero-order chi connectivity index (χ0) is 13.4. The van der Waals surface area contributed by atoms with Gasteiger partial charge in [0.05, 0.1) is 15.5 Å². The molecule has 0 saturated heterocycles. The van der Waals surface area contributed by atoms with E-state index >= 15 is 0 Å². The predicted octanol–water partition coefficient (Wildman–Crippen LogP) is 1.96.